The molecule has 1 saturated heterocycles. The topological polar surface area (TPSA) is 20.3 Å². The van der Waals surface area contributed by atoms with Crippen LogP contribution < -0.4 is 0 Å². The molecule has 1 fully saturated rings. The van der Waals surface area contributed by atoms with Crippen LogP contribution in [-0.2, 0) is 0 Å². The molecule has 0 radical (unpaired) electrons. The van der Waals surface area contributed by atoms with Gasteiger partial charge in [0, 0.05) is 34.6 Å². The molecule has 0 aliphatic carbocycles. The first-order valence-electron chi connectivity index (χ1n) is 6.01. The standard InChI is InChI=1S/C13H16FNOS2/c1-2-10-8-15(5-6-18-10)13(16)9-3-4-11(14)12(17)7-9/h3-4,7,10,17H,2,5-6,8H2,1H3. The van der Waals surface area contributed by atoms with Crippen LogP contribution >= 0.6 is 24.4 Å². The third-order valence-corrected chi connectivity index (χ3v) is 4.79. The summed E-state index contributed by atoms with van der Waals surface area (Å²) in [5, 5.41) is 0.513. The van der Waals surface area contributed by atoms with Gasteiger partial charge in [0.05, 0.1) is 0 Å². The molecule has 1 heterocycles. The minimum Gasteiger partial charge on any atom is -0.337 e. The van der Waals surface area contributed by atoms with Crippen molar-refractivity contribution in [2.24, 2.45) is 0 Å². The summed E-state index contributed by atoms with van der Waals surface area (Å²) in [6, 6.07) is 4.33. The largest absolute Gasteiger partial charge is 0.337 e. The Morgan fingerprint density at radius 3 is 3.06 bits per heavy atom. The molecule has 5 heteroatoms. The maximum Gasteiger partial charge on any atom is 0.253 e. The second kappa shape index (κ2) is 5.97. The second-order valence-corrected chi connectivity index (χ2v) is 6.21. The van der Waals surface area contributed by atoms with Gasteiger partial charge in [-0.25, -0.2) is 4.39 Å². The molecule has 0 aromatic heterocycles. The highest BCUT2D eigenvalue weighted by Crippen LogP contribution is 2.23. The van der Waals surface area contributed by atoms with Crippen LogP contribution in [0.5, 0.6) is 0 Å². The summed E-state index contributed by atoms with van der Waals surface area (Å²) < 4.78 is 13.1. The smallest absolute Gasteiger partial charge is 0.253 e. The van der Waals surface area contributed by atoms with Crippen molar-refractivity contribution in [3.05, 3.63) is 29.6 Å². The summed E-state index contributed by atoms with van der Waals surface area (Å²) in [6.07, 6.45) is 1.07. The van der Waals surface area contributed by atoms with Gasteiger partial charge in [0.25, 0.3) is 5.91 Å². The Balaban J connectivity index is 2.12. The Bertz CT molecular complexity index is 453. The molecule has 0 spiro atoms. The Kier molecular flexibility index (Phi) is 4.56. The number of thioether (sulfide) groups is 1. The number of hydrogen-bond donors (Lipinski definition) is 1. The highest BCUT2D eigenvalue weighted by Gasteiger charge is 2.24. The van der Waals surface area contributed by atoms with Gasteiger partial charge in [0.15, 0.2) is 0 Å². The Morgan fingerprint density at radius 1 is 1.61 bits per heavy atom. The van der Waals surface area contributed by atoms with E-state index in [0.717, 1.165) is 25.3 Å². The summed E-state index contributed by atoms with van der Waals surface area (Å²) in [4.78, 5) is 14.4. The Morgan fingerprint density at radius 2 is 2.39 bits per heavy atom. The number of carbonyl (C=O) groups excluding carboxylic acids is 1. The van der Waals surface area contributed by atoms with Crippen LogP contribution in [-0.4, -0.2) is 34.9 Å². The van der Waals surface area contributed by atoms with Crippen molar-refractivity contribution in [1.29, 1.82) is 0 Å². The van der Waals surface area contributed by atoms with Crippen LogP contribution in [0.2, 0.25) is 0 Å². The van der Waals surface area contributed by atoms with E-state index < -0.39 is 5.82 Å². The quantitative estimate of drug-likeness (QED) is 0.843. The molecule has 1 aliphatic heterocycles. The SMILES string of the molecule is CCC1CN(C(=O)c2ccc(F)c(S)c2)CCS1. The maximum absolute atomic E-state index is 13.1. The lowest BCUT2D eigenvalue weighted by atomic mass is 10.2. The lowest BCUT2D eigenvalue weighted by molar-refractivity contribution is 0.0760. The Labute approximate surface area is 116 Å². The number of rotatable bonds is 2. The van der Waals surface area contributed by atoms with Crippen LogP contribution in [0.25, 0.3) is 0 Å². The third kappa shape index (κ3) is 3.01. The zero-order valence-corrected chi connectivity index (χ0v) is 11.9. The van der Waals surface area contributed by atoms with Crippen molar-refractivity contribution in [2.45, 2.75) is 23.5 Å². The number of nitrogens with zero attached hydrogens (tertiary/aromatic N) is 1. The van der Waals surface area contributed by atoms with Gasteiger partial charge in [-0.05, 0) is 24.6 Å². The molecule has 1 unspecified atom stereocenters. The number of carbonyl (C=O) groups is 1. The van der Waals surface area contributed by atoms with E-state index in [2.05, 4.69) is 19.6 Å². The van der Waals surface area contributed by atoms with Crippen LogP contribution in [0, 0.1) is 5.82 Å². The molecule has 2 nitrogen and oxygen atoms in total. The lowest BCUT2D eigenvalue weighted by Crippen LogP contribution is -2.41. The first kappa shape index (κ1) is 13.7. The first-order valence-corrected chi connectivity index (χ1v) is 7.50. The van der Waals surface area contributed by atoms with Gasteiger partial charge in [-0.3, -0.25) is 4.79 Å². The monoisotopic (exact) mass is 285 g/mol. The van der Waals surface area contributed by atoms with Gasteiger partial charge in [-0.2, -0.15) is 11.8 Å². The predicted molar refractivity (Wildman–Crippen MR) is 76.1 cm³/mol. The average Bonchev–Trinajstić information content (AvgIpc) is 2.41. The second-order valence-electron chi connectivity index (χ2n) is 4.32. The highest BCUT2D eigenvalue weighted by molar-refractivity contribution is 8.00. The van der Waals surface area contributed by atoms with Gasteiger partial charge in [-0.15, -0.1) is 12.6 Å². The minimum absolute atomic E-state index is 0.0240. The van der Waals surface area contributed by atoms with Crippen molar-refractivity contribution < 1.29 is 9.18 Å². The van der Waals surface area contributed by atoms with Gasteiger partial charge < -0.3 is 4.90 Å². The highest BCUT2D eigenvalue weighted by atomic mass is 32.2. The van der Waals surface area contributed by atoms with Crippen LogP contribution in [0.1, 0.15) is 23.7 Å². The summed E-state index contributed by atoms with van der Waals surface area (Å²) >= 11 is 5.93. The Hall–Kier alpha value is -0.680. The average molecular weight is 285 g/mol. The molecule has 0 bridgehead atoms. The molecule has 0 N–H and O–H groups in total. The zero-order chi connectivity index (χ0) is 13.1. The van der Waals surface area contributed by atoms with E-state index in [9.17, 15) is 9.18 Å². The molecular formula is C13H16FNOS2. The molecule has 98 valence electrons. The number of halogens is 1. The van der Waals surface area contributed by atoms with Gasteiger partial charge >= 0.3 is 0 Å². The molecule has 1 aromatic carbocycles. The van der Waals surface area contributed by atoms with Crippen molar-refractivity contribution in [3.63, 3.8) is 0 Å². The van der Waals surface area contributed by atoms with E-state index in [4.69, 9.17) is 0 Å². The predicted octanol–water partition coefficient (Wildman–Crippen LogP) is 3.08. The number of benzene rings is 1. The van der Waals surface area contributed by atoms with Crippen molar-refractivity contribution in [3.8, 4) is 0 Å². The van der Waals surface area contributed by atoms with Crippen LogP contribution in [0.15, 0.2) is 23.1 Å². The summed E-state index contributed by atoms with van der Waals surface area (Å²) in [6.45, 7) is 3.67. The van der Waals surface area contributed by atoms with E-state index >= 15 is 0 Å². The molecule has 1 aromatic rings. The van der Waals surface area contributed by atoms with Gasteiger partial charge in [0.1, 0.15) is 5.82 Å². The van der Waals surface area contributed by atoms with Crippen LogP contribution in [0.4, 0.5) is 4.39 Å². The number of thiol groups is 1. The fraction of sp³-hybridized carbons (Fsp3) is 0.462. The normalized spacial score (nSPS) is 19.9. The van der Waals surface area contributed by atoms with E-state index in [1.54, 1.807) is 0 Å². The third-order valence-electron chi connectivity index (χ3n) is 3.07. The molecule has 2 rings (SSSR count). The van der Waals surface area contributed by atoms with Crippen molar-refractivity contribution >= 4 is 30.3 Å². The van der Waals surface area contributed by atoms with E-state index in [-0.39, 0.29) is 10.8 Å². The van der Waals surface area contributed by atoms with E-state index in [1.807, 2.05) is 16.7 Å². The summed E-state index contributed by atoms with van der Waals surface area (Å²) in [7, 11) is 0. The van der Waals surface area contributed by atoms with Gasteiger partial charge in [-0.1, -0.05) is 6.92 Å². The molecule has 18 heavy (non-hydrogen) atoms. The van der Waals surface area contributed by atoms with Gasteiger partial charge in [0.2, 0.25) is 0 Å². The van der Waals surface area contributed by atoms with Crippen molar-refractivity contribution in [2.75, 3.05) is 18.8 Å². The van der Waals surface area contributed by atoms with Crippen LogP contribution in [0.3, 0.4) is 0 Å². The molecule has 0 saturated carbocycles. The van der Waals surface area contributed by atoms with E-state index in [1.165, 1.54) is 18.2 Å². The first-order chi connectivity index (χ1) is 8.61. The summed E-state index contributed by atoms with van der Waals surface area (Å²) in [5.74, 6) is 0.554. The zero-order valence-electron chi connectivity index (χ0n) is 10.2. The fourth-order valence-electron chi connectivity index (χ4n) is 1.98. The summed E-state index contributed by atoms with van der Waals surface area (Å²) in [5.41, 5.74) is 0.517. The van der Waals surface area contributed by atoms with E-state index in [0.29, 0.717) is 10.8 Å². The molecule has 1 atom stereocenters. The maximum atomic E-state index is 13.1. The molecule has 1 aliphatic rings. The molecular weight excluding hydrogens is 269 g/mol. The number of amides is 1. The molecule has 1 amide bonds. The number of hydrogen-bond acceptors (Lipinski definition) is 3. The fourth-order valence-corrected chi connectivity index (χ4v) is 3.37. The minimum atomic E-state index is -0.393. The van der Waals surface area contributed by atoms with Crippen molar-refractivity contribution in [1.82, 2.24) is 4.90 Å². The lowest BCUT2D eigenvalue weighted by Gasteiger charge is -2.32.